The summed E-state index contributed by atoms with van der Waals surface area (Å²) in [5, 5.41) is 8.78. The largest absolute Gasteiger partial charge is 0.364 e. The number of pyridine rings is 1. The zero-order valence-corrected chi connectivity index (χ0v) is 18.8. The lowest BCUT2D eigenvalue weighted by Gasteiger charge is -2.25. The van der Waals surface area contributed by atoms with Gasteiger partial charge in [-0.3, -0.25) is 14.6 Å². The number of amides is 2. The summed E-state index contributed by atoms with van der Waals surface area (Å²) in [4.78, 5) is 39.1. The fourth-order valence-electron chi connectivity index (χ4n) is 2.87. The Hall–Kier alpha value is -3.27. The van der Waals surface area contributed by atoms with Gasteiger partial charge in [0.2, 0.25) is 5.91 Å². The fourth-order valence-corrected chi connectivity index (χ4v) is 2.87. The third kappa shape index (κ3) is 6.61. The number of carbonyl (C=O) groups excluding carboxylic acids is 2. The van der Waals surface area contributed by atoms with E-state index in [1.807, 2.05) is 24.9 Å². The van der Waals surface area contributed by atoms with Gasteiger partial charge in [0.1, 0.15) is 0 Å². The van der Waals surface area contributed by atoms with Crippen LogP contribution in [0, 0.1) is 0 Å². The van der Waals surface area contributed by atoms with Crippen LogP contribution >= 0.6 is 0 Å². The van der Waals surface area contributed by atoms with E-state index >= 15 is 0 Å². The van der Waals surface area contributed by atoms with Gasteiger partial charge in [0.05, 0.1) is 12.2 Å². The number of nitrogens with zero attached hydrogens (tertiary/aromatic N) is 4. The first-order chi connectivity index (χ1) is 14.8. The number of primary amides is 1. The SMILES string of the molecule is CCc1nc(C(N)=O)c(Nc2ccnc(CCNC(=O)CNC)c2)nc1N(C)C(C)C. The van der Waals surface area contributed by atoms with Gasteiger partial charge in [-0.1, -0.05) is 6.92 Å². The molecule has 2 aromatic rings. The molecule has 10 heteroatoms. The molecule has 0 fully saturated rings. The Morgan fingerprint density at radius 2 is 2.00 bits per heavy atom. The number of carbonyl (C=O) groups is 2. The second-order valence-corrected chi connectivity index (χ2v) is 7.40. The first kappa shape index (κ1) is 24.0. The molecule has 2 amide bonds. The van der Waals surface area contributed by atoms with Crippen LogP contribution in [0.15, 0.2) is 18.3 Å². The van der Waals surface area contributed by atoms with Crippen LogP contribution in [0.1, 0.15) is 42.6 Å². The third-order valence-corrected chi connectivity index (χ3v) is 4.74. The second kappa shape index (κ2) is 11.2. The molecule has 0 aliphatic carbocycles. The van der Waals surface area contributed by atoms with Gasteiger partial charge in [0, 0.05) is 43.6 Å². The minimum absolute atomic E-state index is 0.0732. The molecular formula is C21H32N8O2. The highest BCUT2D eigenvalue weighted by Gasteiger charge is 2.20. The van der Waals surface area contributed by atoms with E-state index in [2.05, 4.69) is 44.7 Å². The van der Waals surface area contributed by atoms with Crippen LogP contribution in [0.3, 0.4) is 0 Å². The summed E-state index contributed by atoms with van der Waals surface area (Å²) < 4.78 is 0. The van der Waals surface area contributed by atoms with Crippen molar-refractivity contribution >= 4 is 29.1 Å². The van der Waals surface area contributed by atoms with E-state index in [4.69, 9.17) is 5.73 Å². The van der Waals surface area contributed by atoms with E-state index < -0.39 is 5.91 Å². The maximum Gasteiger partial charge on any atom is 0.271 e. The lowest BCUT2D eigenvalue weighted by Crippen LogP contribution is -2.33. The molecule has 0 spiro atoms. The highest BCUT2D eigenvalue weighted by molar-refractivity contribution is 5.96. The van der Waals surface area contributed by atoms with Gasteiger partial charge in [-0.25, -0.2) is 9.97 Å². The molecule has 0 saturated heterocycles. The number of hydrogen-bond donors (Lipinski definition) is 4. The number of nitrogens with two attached hydrogens (primary N) is 1. The van der Waals surface area contributed by atoms with Crippen LogP contribution < -0.4 is 26.6 Å². The van der Waals surface area contributed by atoms with Crippen molar-refractivity contribution in [3.63, 3.8) is 0 Å². The van der Waals surface area contributed by atoms with Crippen molar-refractivity contribution < 1.29 is 9.59 Å². The summed E-state index contributed by atoms with van der Waals surface area (Å²) >= 11 is 0. The van der Waals surface area contributed by atoms with E-state index in [1.54, 1.807) is 19.3 Å². The molecule has 10 nitrogen and oxygen atoms in total. The van der Waals surface area contributed by atoms with E-state index in [0.717, 1.165) is 5.69 Å². The monoisotopic (exact) mass is 428 g/mol. The summed E-state index contributed by atoms with van der Waals surface area (Å²) in [6.45, 7) is 6.81. The average molecular weight is 429 g/mol. The molecule has 168 valence electrons. The maximum atomic E-state index is 12.0. The van der Waals surface area contributed by atoms with Gasteiger partial charge in [-0.2, -0.15) is 0 Å². The number of rotatable bonds is 11. The van der Waals surface area contributed by atoms with Gasteiger partial charge < -0.3 is 26.6 Å². The molecule has 0 aliphatic rings. The standard InChI is InChI=1S/C21H32N8O2/c1-6-16-21(29(5)13(2)3)28-20(18(27-16)19(22)31)26-15-8-9-24-14(11-15)7-10-25-17(30)12-23-4/h8-9,11,13,23H,6-7,10,12H2,1-5H3,(H2,22,31)(H,25,30)(H,24,26,28). The Bertz CT molecular complexity index is 916. The number of nitrogens with one attached hydrogen (secondary N) is 3. The van der Waals surface area contributed by atoms with Crippen molar-refractivity contribution in [2.75, 3.05) is 37.4 Å². The van der Waals surface area contributed by atoms with Crippen molar-refractivity contribution in [3.8, 4) is 0 Å². The zero-order valence-electron chi connectivity index (χ0n) is 18.8. The van der Waals surface area contributed by atoms with Crippen LogP contribution in [0.4, 0.5) is 17.3 Å². The van der Waals surface area contributed by atoms with E-state index in [0.29, 0.717) is 42.4 Å². The fraction of sp³-hybridized carbons (Fsp3) is 0.476. The van der Waals surface area contributed by atoms with Crippen molar-refractivity contribution in [1.82, 2.24) is 25.6 Å². The van der Waals surface area contributed by atoms with Crippen molar-refractivity contribution in [2.45, 2.75) is 39.7 Å². The maximum absolute atomic E-state index is 12.0. The normalized spacial score (nSPS) is 10.8. The smallest absolute Gasteiger partial charge is 0.271 e. The molecule has 2 aromatic heterocycles. The Kier molecular flexibility index (Phi) is 8.68. The summed E-state index contributed by atoms with van der Waals surface area (Å²) in [6, 6.07) is 3.82. The lowest BCUT2D eigenvalue weighted by atomic mass is 10.2. The molecule has 0 unspecified atom stereocenters. The molecule has 31 heavy (non-hydrogen) atoms. The van der Waals surface area contributed by atoms with Gasteiger partial charge >= 0.3 is 0 Å². The molecule has 2 rings (SSSR count). The molecule has 0 aromatic carbocycles. The second-order valence-electron chi connectivity index (χ2n) is 7.40. The van der Waals surface area contributed by atoms with Crippen LogP contribution in [0.5, 0.6) is 0 Å². The Morgan fingerprint density at radius 1 is 1.26 bits per heavy atom. The topological polar surface area (TPSA) is 138 Å². The Morgan fingerprint density at radius 3 is 2.61 bits per heavy atom. The molecule has 5 N–H and O–H groups in total. The molecular weight excluding hydrogens is 396 g/mol. The third-order valence-electron chi connectivity index (χ3n) is 4.74. The van der Waals surface area contributed by atoms with Crippen LogP contribution in [-0.4, -0.2) is 60.0 Å². The zero-order chi connectivity index (χ0) is 23.0. The lowest BCUT2D eigenvalue weighted by molar-refractivity contribution is -0.120. The molecule has 0 aliphatic heterocycles. The van der Waals surface area contributed by atoms with Crippen molar-refractivity contribution in [2.24, 2.45) is 5.73 Å². The van der Waals surface area contributed by atoms with Crippen molar-refractivity contribution in [1.29, 1.82) is 0 Å². The minimum Gasteiger partial charge on any atom is -0.364 e. The van der Waals surface area contributed by atoms with Crippen LogP contribution in [-0.2, 0) is 17.6 Å². The molecule has 2 heterocycles. The number of hydrogen-bond acceptors (Lipinski definition) is 8. The number of anilines is 3. The first-order valence-corrected chi connectivity index (χ1v) is 10.3. The number of aryl methyl sites for hydroxylation is 1. The van der Waals surface area contributed by atoms with E-state index in [-0.39, 0.29) is 24.2 Å². The van der Waals surface area contributed by atoms with Gasteiger partial charge in [-0.15, -0.1) is 0 Å². The highest BCUT2D eigenvalue weighted by Crippen LogP contribution is 2.25. The predicted octanol–water partition coefficient (Wildman–Crippen LogP) is 0.999. The summed E-state index contributed by atoms with van der Waals surface area (Å²) in [6.07, 6.45) is 2.85. The van der Waals surface area contributed by atoms with E-state index in [1.165, 1.54) is 0 Å². The highest BCUT2D eigenvalue weighted by atomic mass is 16.2. The minimum atomic E-state index is -0.648. The van der Waals surface area contributed by atoms with Gasteiger partial charge in [-0.05, 0) is 39.4 Å². The molecule has 0 radical (unpaired) electrons. The molecule has 0 atom stereocenters. The summed E-state index contributed by atoms with van der Waals surface area (Å²) in [5.41, 5.74) is 7.86. The summed E-state index contributed by atoms with van der Waals surface area (Å²) in [5.74, 6) is 0.277. The predicted molar refractivity (Wildman–Crippen MR) is 122 cm³/mol. The van der Waals surface area contributed by atoms with Crippen LogP contribution in [0.2, 0.25) is 0 Å². The first-order valence-electron chi connectivity index (χ1n) is 10.3. The van der Waals surface area contributed by atoms with Gasteiger partial charge in [0.25, 0.3) is 5.91 Å². The molecule has 0 saturated carbocycles. The van der Waals surface area contributed by atoms with Crippen LogP contribution in [0.25, 0.3) is 0 Å². The number of likely N-dealkylation sites (N-methyl/N-ethyl adjacent to an activating group) is 1. The summed E-state index contributed by atoms with van der Waals surface area (Å²) in [7, 11) is 3.66. The Labute approximate surface area is 183 Å². The van der Waals surface area contributed by atoms with E-state index in [9.17, 15) is 9.59 Å². The molecule has 0 bridgehead atoms. The van der Waals surface area contributed by atoms with Crippen molar-refractivity contribution in [3.05, 3.63) is 35.4 Å². The number of aromatic nitrogens is 3. The Balaban J connectivity index is 2.27. The average Bonchev–Trinajstić information content (AvgIpc) is 2.73. The van der Waals surface area contributed by atoms with Gasteiger partial charge in [0.15, 0.2) is 17.3 Å². The quantitative estimate of drug-likeness (QED) is 0.416.